The van der Waals surface area contributed by atoms with Crippen LogP contribution in [0.2, 0.25) is 16.6 Å². The second-order valence-corrected chi connectivity index (χ2v) is 16.4. The standard InChI is InChI=1S/C30H40NO4Si/c1-19(2)35-26-16-12-23(13-17-26)27-18-31(36(20(3)4,21(5)6)22(7)8)29(30(33)34-9)28(27)24-10-14-25(32)15-11-24/h10-22H,1-9H3. The van der Waals surface area contributed by atoms with Crippen LogP contribution >= 0.6 is 0 Å². The van der Waals surface area contributed by atoms with E-state index in [1.54, 1.807) is 24.3 Å². The van der Waals surface area contributed by atoms with Crippen LogP contribution in [-0.4, -0.2) is 31.7 Å². The lowest BCUT2D eigenvalue weighted by atomic mass is 9.96. The number of carbonyl (C=O) groups excluding carboxylic acids is 1. The van der Waals surface area contributed by atoms with Crippen LogP contribution in [0, 0.1) is 0 Å². The van der Waals surface area contributed by atoms with Crippen molar-refractivity contribution in [3.05, 3.63) is 60.4 Å². The molecular formula is C30H40NO4Si. The van der Waals surface area contributed by atoms with Gasteiger partial charge in [0.2, 0.25) is 0 Å². The number of ether oxygens (including phenoxy) is 2. The number of nitrogens with zero attached hydrogens (tertiary/aromatic N) is 1. The zero-order chi connectivity index (χ0) is 26.8. The molecular weight excluding hydrogens is 466 g/mol. The number of esters is 1. The summed E-state index contributed by atoms with van der Waals surface area (Å²) in [5, 5.41) is 11.9. The van der Waals surface area contributed by atoms with Crippen LogP contribution < -0.4 is 4.74 Å². The molecule has 0 spiro atoms. The van der Waals surface area contributed by atoms with E-state index >= 15 is 0 Å². The van der Waals surface area contributed by atoms with Crippen LogP contribution in [-0.2, 0) is 9.84 Å². The highest BCUT2D eigenvalue weighted by molar-refractivity contribution is 6.82. The van der Waals surface area contributed by atoms with E-state index < -0.39 is 8.24 Å². The van der Waals surface area contributed by atoms with Crippen molar-refractivity contribution in [3.8, 4) is 33.8 Å². The zero-order valence-corrected chi connectivity index (χ0v) is 24.1. The first-order chi connectivity index (χ1) is 16.9. The van der Waals surface area contributed by atoms with E-state index in [0.717, 1.165) is 28.0 Å². The van der Waals surface area contributed by atoms with Crippen molar-refractivity contribution in [3.63, 3.8) is 0 Å². The summed E-state index contributed by atoms with van der Waals surface area (Å²) in [4.78, 5) is 13.5. The maximum absolute atomic E-state index is 13.5. The quantitative estimate of drug-likeness (QED) is 0.216. The highest BCUT2D eigenvalue weighted by Gasteiger charge is 2.48. The summed E-state index contributed by atoms with van der Waals surface area (Å²) >= 11 is 0. The van der Waals surface area contributed by atoms with Crippen LogP contribution in [0.4, 0.5) is 0 Å². The third kappa shape index (κ3) is 4.96. The van der Waals surface area contributed by atoms with Crippen LogP contribution in [0.3, 0.4) is 0 Å². The molecule has 1 radical (unpaired) electrons. The Morgan fingerprint density at radius 3 is 1.72 bits per heavy atom. The van der Waals surface area contributed by atoms with Crippen molar-refractivity contribution >= 4 is 14.2 Å². The van der Waals surface area contributed by atoms with E-state index in [1.165, 1.54) is 7.11 Å². The molecule has 2 aromatic carbocycles. The molecule has 5 nitrogen and oxygen atoms in total. The molecule has 0 aliphatic rings. The SMILES string of the molecule is COC(=O)c1c(-c2ccc([O])cc2)c(-c2ccc(OC(C)C)cc2)cn1[Si](C(C)C)(C(C)C)C(C)C. The molecule has 0 aliphatic carbocycles. The molecule has 1 aromatic heterocycles. The highest BCUT2D eigenvalue weighted by atomic mass is 28.3. The number of hydrogen-bond acceptors (Lipinski definition) is 3. The molecule has 193 valence electrons. The fourth-order valence-corrected chi connectivity index (χ4v) is 12.7. The molecule has 0 atom stereocenters. The maximum Gasteiger partial charge on any atom is 0.354 e. The van der Waals surface area contributed by atoms with Gasteiger partial charge < -0.3 is 13.7 Å². The van der Waals surface area contributed by atoms with Crippen molar-refractivity contribution in [1.82, 2.24) is 4.23 Å². The molecule has 3 aromatic rings. The fourth-order valence-electron chi connectivity index (χ4n) is 6.06. The monoisotopic (exact) mass is 506 g/mol. The minimum atomic E-state index is -2.32. The summed E-state index contributed by atoms with van der Waals surface area (Å²) in [6.45, 7) is 17.7. The average Bonchev–Trinajstić information content (AvgIpc) is 3.19. The molecule has 0 fully saturated rings. The first-order valence-corrected chi connectivity index (χ1v) is 15.0. The minimum absolute atomic E-state index is 0.0650. The number of carbonyl (C=O) groups is 1. The van der Waals surface area contributed by atoms with Crippen molar-refractivity contribution in [1.29, 1.82) is 0 Å². The smallest absolute Gasteiger partial charge is 0.354 e. The van der Waals surface area contributed by atoms with Gasteiger partial charge in [0.1, 0.15) is 11.4 Å². The molecule has 1 heterocycles. The van der Waals surface area contributed by atoms with E-state index in [1.807, 2.05) is 38.1 Å². The Labute approximate surface area is 217 Å². The molecule has 0 saturated carbocycles. The number of benzene rings is 2. The largest absolute Gasteiger partial charge is 0.491 e. The Balaban J connectivity index is 2.44. The van der Waals surface area contributed by atoms with E-state index in [-0.39, 0.29) is 17.8 Å². The lowest BCUT2D eigenvalue weighted by Gasteiger charge is -2.44. The lowest BCUT2D eigenvalue weighted by molar-refractivity contribution is 0.0593. The van der Waals surface area contributed by atoms with Crippen LogP contribution in [0.15, 0.2) is 54.7 Å². The molecule has 0 N–H and O–H groups in total. The Morgan fingerprint density at radius 1 is 0.778 bits per heavy atom. The predicted molar refractivity (Wildman–Crippen MR) is 149 cm³/mol. The average molecular weight is 507 g/mol. The van der Waals surface area contributed by atoms with Gasteiger partial charge in [-0.05, 0) is 65.9 Å². The van der Waals surface area contributed by atoms with Gasteiger partial charge in [-0.25, -0.2) is 4.79 Å². The summed E-state index contributed by atoms with van der Waals surface area (Å²) in [6.07, 6.45) is 2.25. The first kappa shape index (κ1) is 27.6. The molecule has 0 saturated heterocycles. The van der Waals surface area contributed by atoms with Crippen LogP contribution in [0.25, 0.3) is 22.3 Å². The van der Waals surface area contributed by atoms with Crippen molar-refractivity contribution in [2.24, 2.45) is 0 Å². The van der Waals surface area contributed by atoms with Crippen molar-refractivity contribution < 1.29 is 19.4 Å². The number of rotatable bonds is 9. The van der Waals surface area contributed by atoms with Gasteiger partial charge in [-0.1, -0.05) is 65.8 Å². The Hall–Kier alpha value is -2.99. The van der Waals surface area contributed by atoms with Gasteiger partial charge in [-0.3, -0.25) is 5.11 Å². The third-order valence-electron chi connectivity index (χ3n) is 7.26. The third-order valence-corrected chi connectivity index (χ3v) is 14.0. The summed E-state index contributed by atoms with van der Waals surface area (Å²) < 4.78 is 13.5. The maximum atomic E-state index is 13.5. The number of aromatic nitrogens is 1. The molecule has 6 heteroatoms. The van der Waals surface area contributed by atoms with Crippen LogP contribution in [0.5, 0.6) is 11.5 Å². The molecule has 0 bridgehead atoms. The second kappa shape index (κ2) is 11.0. The fraction of sp³-hybridized carbons (Fsp3) is 0.433. The van der Waals surface area contributed by atoms with Gasteiger partial charge in [0.05, 0.1) is 13.2 Å². The summed E-state index contributed by atoms with van der Waals surface area (Å²) in [7, 11) is -0.882. The van der Waals surface area contributed by atoms with E-state index in [0.29, 0.717) is 22.3 Å². The van der Waals surface area contributed by atoms with E-state index in [4.69, 9.17) is 9.47 Å². The van der Waals surface area contributed by atoms with Crippen LogP contribution in [0.1, 0.15) is 65.9 Å². The topological polar surface area (TPSA) is 60.4 Å². The number of hydrogen-bond donors (Lipinski definition) is 0. The van der Waals surface area contributed by atoms with E-state index in [9.17, 15) is 9.90 Å². The van der Waals surface area contributed by atoms with Crippen molar-refractivity contribution in [2.75, 3.05) is 7.11 Å². The molecule has 0 amide bonds. The Kier molecular flexibility index (Phi) is 8.39. The van der Waals surface area contributed by atoms with Gasteiger partial charge in [0.25, 0.3) is 0 Å². The minimum Gasteiger partial charge on any atom is -0.491 e. The molecule has 36 heavy (non-hydrogen) atoms. The molecule has 3 rings (SSSR count). The highest BCUT2D eigenvalue weighted by Crippen LogP contribution is 2.47. The normalized spacial score (nSPS) is 12.1. The predicted octanol–water partition coefficient (Wildman–Crippen LogP) is 8.56. The number of methoxy groups -OCH3 is 1. The van der Waals surface area contributed by atoms with Crippen molar-refractivity contribution in [2.45, 2.75) is 78.1 Å². The Bertz CT molecular complexity index is 1150. The summed E-state index contributed by atoms with van der Waals surface area (Å²) in [6, 6.07) is 14.7. The molecule has 0 aliphatic heterocycles. The van der Waals surface area contributed by atoms with Gasteiger partial charge >= 0.3 is 5.97 Å². The van der Waals surface area contributed by atoms with E-state index in [2.05, 4.69) is 52.0 Å². The summed E-state index contributed by atoms with van der Waals surface area (Å²) in [5.41, 5.74) is 5.25. The van der Waals surface area contributed by atoms with Gasteiger partial charge in [-0.15, -0.1) is 0 Å². The second-order valence-electron chi connectivity index (χ2n) is 10.7. The summed E-state index contributed by atoms with van der Waals surface area (Å²) in [5.74, 6) is 0.375. The lowest BCUT2D eigenvalue weighted by Crippen LogP contribution is -2.52. The zero-order valence-electron chi connectivity index (χ0n) is 23.1. The molecule has 0 unspecified atom stereocenters. The Morgan fingerprint density at radius 2 is 1.28 bits per heavy atom. The van der Waals surface area contributed by atoms with Gasteiger partial charge in [0, 0.05) is 17.3 Å². The van der Waals surface area contributed by atoms with Gasteiger partial charge in [-0.2, -0.15) is 0 Å². The first-order valence-electron chi connectivity index (χ1n) is 12.8. The van der Waals surface area contributed by atoms with Gasteiger partial charge in [0.15, 0.2) is 14.0 Å².